The van der Waals surface area contributed by atoms with Crippen LogP contribution in [-0.4, -0.2) is 33.8 Å². The van der Waals surface area contributed by atoms with Crippen molar-refractivity contribution in [2.75, 3.05) is 18.4 Å². The predicted molar refractivity (Wildman–Crippen MR) is 79.8 cm³/mol. The minimum Gasteiger partial charge on any atom is -0.326 e. The second-order valence-corrected chi connectivity index (χ2v) is 5.73. The Balaban J connectivity index is 1.63. The molecule has 1 amide bonds. The van der Waals surface area contributed by atoms with Gasteiger partial charge in [-0.25, -0.2) is 9.67 Å². The fraction of sp³-hybridized carbons (Fsp3) is 0.400. The van der Waals surface area contributed by atoms with Crippen molar-refractivity contribution in [3.8, 4) is 0 Å². The Morgan fingerprint density at radius 2 is 2.24 bits per heavy atom. The van der Waals surface area contributed by atoms with Gasteiger partial charge < -0.3 is 10.6 Å². The van der Waals surface area contributed by atoms with Crippen LogP contribution < -0.4 is 10.6 Å². The van der Waals surface area contributed by atoms with E-state index >= 15 is 0 Å². The minimum absolute atomic E-state index is 0.0801. The van der Waals surface area contributed by atoms with E-state index in [0.29, 0.717) is 6.54 Å². The summed E-state index contributed by atoms with van der Waals surface area (Å²) in [6, 6.07) is 7.84. The maximum Gasteiger partial charge on any atom is 0.231 e. The third kappa shape index (κ3) is 3.11. The number of rotatable bonds is 4. The highest BCUT2D eigenvalue weighted by Crippen LogP contribution is 2.26. The zero-order chi connectivity index (χ0) is 14.7. The molecular weight excluding hydrogens is 266 g/mol. The zero-order valence-corrected chi connectivity index (χ0v) is 12.0. The summed E-state index contributed by atoms with van der Waals surface area (Å²) < 4.78 is 1.76. The van der Waals surface area contributed by atoms with Crippen LogP contribution in [-0.2, 0) is 11.3 Å². The summed E-state index contributed by atoms with van der Waals surface area (Å²) in [6.45, 7) is 4.32. The lowest BCUT2D eigenvalue weighted by Crippen LogP contribution is -2.35. The molecule has 1 unspecified atom stereocenters. The van der Waals surface area contributed by atoms with Crippen LogP contribution in [0.15, 0.2) is 36.9 Å². The fourth-order valence-electron chi connectivity index (χ4n) is 2.49. The number of aromatic nitrogens is 3. The number of anilines is 1. The van der Waals surface area contributed by atoms with Gasteiger partial charge in [0, 0.05) is 12.2 Å². The van der Waals surface area contributed by atoms with E-state index in [9.17, 15) is 4.79 Å². The lowest BCUT2D eigenvalue weighted by Gasteiger charge is -2.21. The molecule has 0 bridgehead atoms. The van der Waals surface area contributed by atoms with Gasteiger partial charge in [0.05, 0.1) is 12.0 Å². The molecule has 3 rings (SSSR count). The van der Waals surface area contributed by atoms with Gasteiger partial charge in [-0.05, 0) is 37.6 Å². The lowest BCUT2D eigenvalue weighted by molar-refractivity contribution is -0.123. The Hall–Kier alpha value is -2.21. The van der Waals surface area contributed by atoms with Gasteiger partial charge >= 0.3 is 0 Å². The molecule has 1 saturated heterocycles. The first kappa shape index (κ1) is 13.8. The van der Waals surface area contributed by atoms with Crippen LogP contribution in [0.4, 0.5) is 5.69 Å². The number of benzene rings is 1. The summed E-state index contributed by atoms with van der Waals surface area (Å²) in [5.74, 6) is 0.0801. The van der Waals surface area contributed by atoms with Crippen molar-refractivity contribution in [3.63, 3.8) is 0 Å². The van der Waals surface area contributed by atoms with Crippen LogP contribution in [0.2, 0.25) is 0 Å². The number of nitrogens with one attached hydrogen (secondary N) is 2. The Kier molecular flexibility index (Phi) is 3.70. The van der Waals surface area contributed by atoms with Crippen LogP contribution in [0.5, 0.6) is 0 Å². The van der Waals surface area contributed by atoms with Crippen LogP contribution >= 0.6 is 0 Å². The van der Waals surface area contributed by atoms with E-state index in [-0.39, 0.29) is 11.3 Å². The number of hydrogen-bond acceptors (Lipinski definition) is 4. The standard InChI is InChI=1S/C15H19N5O/c1-15(6-7-16-9-15)14(21)19-13-4-2-12(3-5-13)8-20-11-17-10-18-20/h2-5,10-11,16H,6-9H2,1H3,(H,19,21). The van der Waals surface area contributed by atoms with Gasteiger partial charge in [-0.15, -0.1) is 0 Å². The third-order valence-electron chi connectivity index (χ3n) is 3.94. The first-order chi connectivity index (χ1) is 10.2. The van der Waals surface area contributed by atoms with Crippen LogP contribution in [0.25, 0.3) is 0 Å². The quantitative estimate of drug-likeness (QED) is 0.887. The second kappa shape index (κ2) is 5.65. The Bertz CT molecular complexity index is 600. The molecule has 1 atom stereocenters. The summed E-state index contributed by atoms with van der Waals surface area (Å²) in [4.78, 5) is 16.2. The van der Waals surface area contributed by atoms with Crippen molar-refractivity contribution in [3.05, 3.63) is 42.5 Å². The number of nitrogens with zero attached hydrogens (tertiary/aromatic N) is 3. The Morgan fingerprint density at radius 3 is 2.86 bits per heavy atom. The summed E-state index contributed by atoms with van der Waals surface area (Å²) in [5.41, 5.74) is 1.64. The smallest absolute Gasteiger partial charge is 0.231 e. The maximum atomic E-state index is 12.3. The molecule has 2 N–H and O–H groups in total. The molecule has 6 nitrogen and oxygen atoms in total. The van der Waals surface area contributed by atoms with Gasteiger partial charge in [-0.2, -0.15) is 5.10 Å². The van der Waals surface area contributed by atoms with Crippen molar-refractivity contribution in [2.24, 2.45) is 5.41 Å². The lowest BCUT2D eigenvalue weighted by atomic mass is 9.89. The Morgan fingerprint density at radius 1 is 1.43 bits per heavy atom. The molecule has 0 radical (unpaired) electrons. The highest BCUT2D eigenvalue weighted by atomic mass is 16.2. The van der Waals surface area contributed by atoms with Crippen LogP contribution in [0, 0.1) is 5.41 Å². The molecule has 1 aliphatic rings. The minimum atomic E-state index is -0.306. The van der Waals surface area contributed by atoms with Gasteiger partial charge in [0.2, 0.25) is 5.91 Å². The van der Waals surface area contributed by atoms with Crippen molar-refractivity contribution >= 4 is 11.6 Å². The molecule has 1 aromatic heterocycles. The molecule has 0 spiro atoms. The fourth-order valence-corrected chi connectivity index (χ4v) is 2.49. The van der Waals surface area contributed by atoms with Gasteiger partial charge in [0.25, 0.3) is 0 Å². The van der Waals surface area contributed by atoms with Crippen molar-refractivity contribution in [1.82, 2.24) is 20.1 Å². The molecule has 21 heavy (non-hydrogen) atoms. The largest absolute Gasteiger partial charge is 0.326 e. The van der Waals surface area contributed by atoms with E-state index in [4.69, 9.17) is 0 Å². The van der Waals surface area contributed by atoms with Gasteiger partial charge in [0.15, 0.2) is 0 Å². The third-order valence-corrected chi connectivity index (χ3v) is 3.94. The molecule has 2 heterocycles. The summed E-state index contributed by atoms with van der Waals surface area (Å²) >= 11 is 0. The van der Waals surface area contributed by atoms with Crippen LogP contribution in [0.3, 0.4) is 0 Å². The van der Waals surface area contributed by atoms with Gasteiger partial charge in [-0.3, -0.25) is 4.79 Å². The molecule has 0 saturated carbocycles. The normalized spacial score (nSPS) is 21.4. The van der Waals surface area contributed by atoms with E-state index in [2.05, 4.69) is 20.7 Å². The monoisotopic (exact) mass is 285 g/mol. The highest BCUT2D eigenvalue weighted by molar-refractivity contribution is 5.95. The number of amides is 1. The molecule has 1 fully saturated rings. The molecule has 1 aromatic carbocycles. The second-order valence-electron chi connectivity index (χ2n) is 5.73. The van der Waals surface area contributed by atoms with E-state index in [1.165, 1.54) is 6.33 Å². The highest BCUT2D eigenvalue weighted by Gasteiger charge is 2.36. The summed E-state index contributed by atoms with van der Waals surface area (Å²) in [6.07, 6.45) is 4.08. The van der Waals surface area contributed by atoms with Crippen molar-refractivity contribution < 1.29 is 4.79 Å². The zero-order valence-electron chi connectivity index (χ0n) is 12.0. The van der Waals surface area contributed by atoms with Crippen molar-refractivity contribution in [2.45, 2.75) is 19.9 Å². The van der Waals surface area contributed by atoms with Crippen molar-refractivity contribution in [1.29, 1.82) is 0 Å². The average molecular weight is 285 g/mol. The molecule has 1 aliphatic heterocycles. The molecule has 0 aliphatic carbocycles. The first-order valence-electron chi connectivity index (χ1n) is 7.09. The SMILES string of the molecule is CC1(C(=O)Nc2ccc(Cn3cncn3)cc2)CCNC1. The number of carbonyl (C=O) groups is 1. The summed E-state index contributed by atoms with van der Waals surface area (Å²) in [5, 5.41) is 10.3. The predicted octanol–water partition coefficient (Wildman–Crippen LogP) is 1.26. The van der Waals surface area contributed by atoms with Gasteiger partial charge in [-0.1, -0.05) is 12.1 Å². The Labute approximate surface area is 123 Å². The molecule has 110 valence electrons. The van der Waals surface area contributed by atoms with Crippen LogP contribution in [0.1, 0.15) is 18.9 Å². The van der Waals surface area contributed by atoms with E-state index in [0.717, 1.165) is 30.8 Å². The van der Waals surface area contributed by atoms with Gasteiger partial charge in [0.1, 0.15) is 12.7 Å². The molecule has 2 aromatic rings. The molecular formula is C15H19N5O. The first-order valence-corrected chi connectivity index (χ1v) is 7.09. The van der Waals surface area contributed by atoms with E-state index in [1.54, 1.807) is 11.0 Å². The maximum absolute atomic E-state index is 12.3. The van der Waals surface area contributed by atoms with E-state index < -0.39 is 0 Å². The number of carbonyl (C=O) groups excluding carboxylic acids is 1. The number of hydrogen-bond donors (Lipinski definition) is 2. The average Bonchev–Trinajstić information content (AvgIpc) is 3.13. The van der Waals surface area contributed by atoms with E-state index in [1.807, 2.05) is 31.2 Å². The topological polar surface area (TPSA) is 71.8 Å². The molecule has 6 heteroatoms. The summed E-state index contributed by atoms with van der Waals surface area (Å²) in [7, 11) is 0.